The molecule has 100 valence electrons. The third-order valence-corrected chi connectivity index (χ3v) is 4.34. The van der Waals surface area contributed by atoms with E-state index in [2.05, 4.69) is 15.9 Å². The second-order valence-electron chi connectivity index (χ2n) is 4.10. The van der Waals surface area contributed by atoms with E-state index in [4.69, 9.17) is 23.2 Å². The van der Waals surface area contributed by atoms with Crippen LogP contribution in [0.4, 0.5) is 4.39 Å². The molecule has 5 heteroatoms. The van der Waals surface area contributed by atoms with Gasteiger partial charge in [0.15, 0.2) is 0 Å². The van der Waals surface area contributed by atoms with Crippen molar-refractivity contribution in [1.29, 1.82) is 0 Å². The molecular weight excluding hydrogens is 354 g/mol. The van der Waals surface area contributed by atoms with Crippen LogP contribution in [-0.4, -0.2) is 5.11 Å². The highest BCUT2D eigenvalue weighted by Gasteiger charge is 2.16. The van der Waals surface area contributed by atoms with Gasteiger partial charge in [0, 0.05) is 21.5 Å². The van der Waals surface area contributed by atoms with Crippen LogP contribution >= 0.6 is 39.1 Å². The van der Waals surface area contributed by atoms with E-state index in [9.17, 15) is 9.50 Å². The molecule has 0 aliphatic rings. The topological polar surface area (TPSA) is 20.2 Å². The van der Waals surface area contributed by atoms with Crippen LogP contribution in [0.25, 0.3) is 0 Å². The van der Waals surface area contributed by atoms with Gasteiger partial charge in [-0.15, -0.1) is 0 Å². The molecule has 0 aliphatic heterocycles. The molecular formula is C14H10BrCl2FO. The Morgan fingerprint density at radius 2 is 1.84 bits per heavy atom. The maximum absolute atomic E-state index is 13.8. The van der Waals surface area contributed by atoms with Crippen LogP contribution in [-0.2, 0) is 6.42 Å². The normalized spacial score (nSPS) is 12.5. The van der Waals surface area contributed by atoms with Crippen molar-refractivity contribution in [3.63, 3.8) is 0 Å². The molecule has 0 saturated heterocycles. The maximum Gasteiger partial charge on any atom is 0.130 e. The van der Waals surface area contributed by atoms with E-state index >= 15 is 0 Å². The Balaban J connectivity index is 2.28. The smallest absolute Gasteiger partial charge is 0.130 e. The molecule has 2 aromatic carbocycles. The molecule has 0 heterocycles. The number of halogens is 4. The van der Waals surface area contributed by atoms with Gasteiger partial charge in [-0.05, 0) is 39.7 Å². The molecule has 2 rings (SSSR count). The van der Waals surface area contributed by atoms with Gasteiger partial charge in [0.25, 0.3) is 0 Å². The second-order valence-corrected chi connectivity index (χ2v) is 5.77. The zero-order valence-corrected chi connectivity index (χ0v) is 12.8. The molecule has 0 bridgehead atoms. The van der Waals surface area contributed by atoms with Gasteiger partial charge < -0.3 is 5.11 Å². The first-order valence-electron chi connectivity index (χ1n) is 5.55. The highest BCUT2D eigenvalue weighted by atomic mass is 79.9. The van der Waals surface area contributed by atoms with E-state index in [0.29, 0.717) is 14.5 Å². The summed E-state index contributed by atoms with van der Waals surface area (Å²) in [5.74, 6) is -0.504. The van der Waals surface area contributed by atoms with E-state index < -0.39 is 11.9 Å². The minimum absolute atomic E-state index is 0.160. The minimum atomic E-state index is -0.995. The van der Waals surface area contributed by atoms with Gasteiger partial charge in [-0.3, -0.25) is 0 Å². The predicted octanol–water partition coefficient (Wildman–Crippen LogP) is 5.17. The third kappa shape index (κ3) is 3.48. The summed E-state index contributed by atoms with van der Waals surface area (Å²) >= 11 is 15.1. The van der Waals surface area contributed by atoms with Crippen LogP contribution in [0, 0.1) is 5.82 Å². The first kappa shape index (κ1) is 14.8. The number of benzene rings is 2. The fourth-order valence-electron chi connectivity index (χ4n) is 1.78. The number of aliphatic hydroxyl groups excluding tert-OH is 1. The molecule has 1 unspecified atom stereocenters. The standard InChI is InChI=1S/C14H10BrCl2FO/c15-10-7-13(18)9(6-12(10)17)14(19)5-8-3-1-2-4-11(8)16/h1-4,6-7,14,19H,5H2. The van der Waals surface area contributed by atoms with Crippen LogP contribution in [0.15, 0.2) is 40.9 Å². The van der Waals surface area contributed by atoms with Crippen molar-refractivity contribution in [2.75, 3.05) is 0 Å². The Kier molecular flexibility index (Phi) is 4.85. The molecule has 0 saturated carbocycles. The largest absolute Gasteiger partial charge is 0.388 e. The van der Waals surface area contributed by atoms with E-state index in [-0.39, 0.29) is 12.0 Å². The van der Waals surface area contributed by atoms with Gasteiger partial charge in [-0.25, -0.2) is 4.39 Å². The Morgan fingerprint density at radius 3 is 2.53 bits per heavy atom. The van der Waals surface area contributed by atoms with Crippen LogP contribution in [0.3, 0.4) is 0 Å². The number of hydrogen-bond donors (Lipinski definition) is 1. The number of rotatable bonds is 3. The molecule has 1 N–H and O–H groups in total. The molecule has 0 aliphatic carbocycles. The number of hydrogen-bond acceptors (Lipinski definition) is 1. The lowest BCUT2D eigenvalue weighted by Crippen LogP contribution is -2.05. The fourth-order valence-corrected chi connectivity index (χ4v) is 2.48. The lowest BCUT2D eigenvalue weighted by atomic mass is 10.0. The Bertz CT molecular complexity index is 604. The van der Waals surface area contributed by atoms with E-state index in [1.807, 2.05) is 6.07 Å². The van der Waals surface area contributed by atoms with Crippen LogP contribution in [0.2, 0.25) is 10.0 Å². The van der Waals surface area contributed by atoms with Crippen molar-refractivity contribution < 1.29 is 9.50 Å². The molecule has 0 amide bonds. The van der Waals surface area contributed by atoms with Crippen molar-refractivity contribution in [2.24, 2.45) is 0 Å². The van der Waals surface area contributed by atoms with Gasteiger partial charge in [0.2, 0.25) is 0 Å². The lowest BCUT2D eigenvalue weighted by molar-refractivity contribution is 0.173. The highest BCUT2D eigenvalue weighted by molar-refractivity contribution is 9.10. The summed E-state index contributed by atoms with van der Waals surface area (Å²) in [5.41, 5.74) is 0.920. The predicted molar refractivity (Wildman–Crippen MR) is 79.2 cm³/mol. The Hall–Kier alpha value is -0.610. The van der Waals surface area contributed by atoms with Gasteiger partial charge in [-0.1, -0.05) is 41.4 Å². The van der Waals surface area contributed by atoms with E-state index in [1.165, 1.54) is 12.1 Å². The van der Waals surface area contributed by atoms with Gasteiger partial charge in [0.05, 0.1) is 11.1 Å². The maximum atomic E-state index is 13.8. The molecule has 0 spiro atoms. The zero-order valence-electron chi connectivity index (χ0n) is 9.71. The first-order valence-corrected chi connectivity index (χ1v) is 7.10. The molecule has 1 nitrogen and oxygen atoms in total. The van der Waals surface area contributed by atoms with Crippen molar-refractivity contribution in [2.45, 2.75) is 12.5 Å². The summed E-state index contributed by atoms with van der Waals surface area (Å²) in [5, 5.41) is 11.0. The summed E-state index contributed by atoms with van der Waals surface area (Å²) in [4.78, 5) is 0. The quantitative estimate of drug-likeness (QED) is 0.745. The monoisotopic (exact) mass is 362 g/mol. The minimum Gasteiger partial charge on any atom is -0.388 e. The molecule has 2 aromatic rings. The average molecular weight is 364 g/mol. The average Bonchev–Trinajstić information content (AvgIpc) is 2.36. The second kappa shape index (κ2) is 6.23. The Morgan fingerprint density at radius 1 is 1.16 bits per heavy atom. The summed E-state index contributed by atoms with van der Waals surface area (Å²) in [6.45, 7) is 0. The van der Waals surface area contributed by atoms with E-state index in [1.54, 1.807) is 18.2 Å². The van der Waals surface area contributed by atoms with Crippen molar-refractivity contribution >= 4 is 39.1 Å². The summed E-state index contributed by atoms with van der Waals surface area (Å²) in [6.07, 6.45) is -0.764. The van der Waals surface area contributed by atoms with Gasteiger partial charge in [0.1, 0.15) is 5.82 Å². The molecule has 0 fully saturated rings. The first-order chi connectivity index (χ1) is 8.99. The zero-order chi connectivity index (χ0) is 14.0. The third-order valence-electron chi connectivity index (χ3n) is 2.77. The molecule has 0 radical (unpaired) electrons. The molecule has 0 aromatic heterocycles. The Labute approximate surface area is 129 Å². The van der Waals surface area contributed by atoms with E-state index in [0.717, 1.165) is 5.56 Å². The number of aliphatic hydroxyl groups is 1. The lowest BCUT2D eigenvalue weighted by Gasteiger charge is -2.14. The highest BCUT2D eigenvalue weighted by Crippen LogP contribution is 2.31. The van der Waals surface area contributed by atoms with Crippen LogP contribution in [0.5, 0.6) is 0 Å². The van der Waals surface area contributed by atoms with Crippen LogP contribution < -0.4 is 0 Å². The summed E-state index contributed by atoms with van der Waals surface area (Å²) in [7, 11) is 0. The van der Waals surface area contributed by atoms with Gasteiger partial charge in [-0.2, -0.15) is 0 Å². The summed E-state index contributed by atoms with van der Waals surface area (Å²) < 4.78 is 14.3. The van der Waals surface area contributed by atoms with Crippen molar-refractivity contribution in [3.05, 3.63) is 67.9 Å². The van der Waals surface area contributed by atoms with Crippen molar-refractivity contribution in [1.82, 2.24) is 0 Å². The summed E-state index contributed by atoms with van der Waals surface area (Å²) in [6, 6.07) is 9.81. The molecule has 19 heavy (non-hydrogen) atoms. The van der Waals surface area contributed by atoms with Crippen molar-refractivity contribution in [3.8, 4) is 0 Å². The van der Waals surface area contributed by atoms with Crippen LogP contribution in [0.1, 0.15) is 17.2 Å². The van der Waals surface area contributed by atoms with Gasteiger partial charge >= 0.3 is 0 Å². The molecule has 1 atom stereocenters. The SMILES string of the molecule is OC(Cc1ccccc1Cl)c1cc(Cl)c(Br)cc1F. The fraction of sp³-hybridized carbons (Fsp3) is 0.143.